The van der Waals surface area contributed by atoms with E-state index >= 15 is 0 Å². The van der Waals surface area contributed by atoms with Crippen LogP contribution in [0, 0.1) is 0 Å². The predicted octanol–water partition coefficient (Wildman–Crippen LogP) is 4.64. The molecule has 4 aliphatic heterocycles. The monoisotopic (exact) mass is 860 g/mol. The smallest absolute Gasteiger partial charge is 0.304 e. The van der Waals surface area contributed by atoms with E-state index in [1.807, 2.05) is 0 Å². The number of ether oxygens (including phenoxy) is 4. The Hall–Kier alpha value is -3.10. The molecule has 310 valence electrons. The van der Waals surface area contributed by atoms with Gasteiger partial charge >= 0.3 is 22.7 Å². The van der Waals surface area contributed by atoms with Crippen LogP contribution in [-0.2, 0) is 35.7 Å². The number of thiol groups is 1. The minimum Gasteiger partial charge on any atom is -0.493 e. The summed E-state index contributed by atoms with van der Waals surface area (Å²) in [5.74, 6) is 1.50. The van der Waals surface area contributed by atoms with Crippen LogP contribution in [0.5, 0.6) is 23.0 Å². The summed E-state index contributed by atoms with van der Waals surface area (Å²) in [7, 11) is 0.267. The number of amides is 2. The van der Waals surface area contributed by atoms with Crippen LogP contribution in [0.3, 0.4) is 0 Å². The number of carbonyl (C=O) groups is 2. The van der Waals surface area contributed by atoms with Crippen molar-refractivity contribution in [2.45, 2.75) is 69.5 Å². The molecule has 6 rings (SSSR count). The van der Waals surface area contributed by atoms with Crippen LogP contribution in [-0.4, -0.2) is 128 Å². The Balaban J connectivity index is 1.07. The topological polar surface area (TPSA) is 212 Å². The normalized spacial score (nSPS) is 23.6. The summed E-state index contributed by atoms with van der Waals surface area (Å²) in [5.41, 5.74) is 1.44. The molecule has 0 radical (unpaired) electrons. The molecule has 2 aromatic rings. The number of hydrogen-bond acceptors (Lipinski definition) is 14. The highest BCUT2D eigenvalue weighted by Gasteiger charge is 2.42. The number of hydrogen-bond donors (Lipinski definition) is 5. The highest BCUT2D eigenvalue weighted by molar-refractivity contribution is 7.80. The van der Waals surface area contributed by atoms with E-state index in [2.05, 4.69) is 23.3 Å². The van der Waals surface area contributed by atoms with Gasteiger partial charge in [-0.25, -0.2) is 8.37 Å². The van der Waals surface area contributed by atoms with Crippen LogP contribution in [0.25, 0.3) is 0 Å². The van der Waals surface area contributed by atoms with Gasteiger partial charge in [0.1, 0.15) is 0 Å². The lowest BCUT2D eigenvalue weighted by Gasteiger charge is -2.27. The highest BCUT2D eigenvalue weighted by atomic mass is 32.2. The van der Waals surface area contributed by atoms with Crippen molar-refractivity contribution in [2.24, 2.45) is 0 Å². The van der Waals surface area contributed by atoms with Gasteiger partial charge in [-0.15, -0.1) is 0 Å². The molecular formula is C35H49N4O13PS3. The average molecular weight is 861 g/mol. The number of benzene rings is 2. The molecule has 21 heteroatoms. The van der Waals surface area contributed by atoms with Crippen molar-refractivity contribution in [1.29, 1.82) is 0 Å². The molecule has 0 aromatic heterocycles. The molecule has 6 atom stereocenters. The van der Waals surface area contributed by atoms with Crippen molar-refractivity contribution < 1.29 is 59.0 Å². The SMILES string of the molecule is COc1cc2c(cc1OCCCP(=O)(CCCS)CCCOc1cc3c(cc1OC)C(=O)N1CCC[C@H]1C(OS(=O)O)N3)NC(OS(=O)O)[C@@H]1CCCN1C2=O. The van der Waals surface area contributed by atoms with Crippen LogP contribution in [0.15, 0.2) is 24.3 Å². The van der Waals surface area contributed by atoms with E-state index in [0.717, 1.165) is 12.8 Å². The zero-order chi connectivity index (χ0) is 40.0. The third-order valence-electron chi connectivity index (χ3n) is 10.5. The predicted molar refractivity (Wildman–Crippen MR) is 214 cm³/mol. The Labute approximate surface area is 336 Å². The molecule has 4 aliphatic rings. The first-order valence-corrected chi connectivity index (χ1v) is 23.5. The standard InChI is InChI=1S/C35H49N4O13PS3/c1-47-28-18-22-24(36-32(51-55(43)44)26-8-3-10-38(26)34(22)40)20-30(28)49-12-5-14-53(42,16-7-17-54)15-6-13-50-31-21-25-23(19-29(31)48-2)35(41)39-11-4-9-27(39)33(37-25)52-56(45)46/h18-21,26-27,32-33,36-37,54H,3-17H2,1-2H3,(H,43,44)(H,45,46)/t26-,27-,32?,33?,53?/m0/s1. The van der Waals surface area contributed by atoms with Crippen LogP contribution >= 0.6 is 19.8 Å². The average Bonchev–Trinajstić information content (AvgIpc) is 3.84. The molecule has 17 nitrogen and oxygen atoms in total. The second kappa shape index (κ2) is 19.1. The van der Waals surface area contributed by atoms with Gasteiger partial charge in [0.25, 0.3) is 11.8 Å². The molecule has 2 aromatic carbocycles. The first kappa shape index (κ1) is 42.5. The van der Waals surface area contributed by atoms with Crippen molar-refractivity contribution in [3.05, 3.63) is 35.4 Å². The van der Waals surface area contributed by atoms with E-state index in [9.17, 15) is 31.7 Å². The summed E-state index contributed by atoms with van der Waals surface area (Å²) in [6.45, 7) is 1.42. The largest absolute Gasteiger partial charge is 0.493 e. The Morgan fingerprint density at radius 1 is 0.732 bits per heavy atom. The molecule has 4 heterocycles. The Bertz CT molecular complexity index is 1730. The minimum atomic E-state index is -2.68. The lowest BCUT2D eigenvalue weighted by atomic mass is 10.1. The van der Waals surface area contributed by atoms with Crippen LogP contribution in [0.2, 0.25) is 0 Å². The Morgan fingerprint density at radius 3 is 1.55 bits per heavy atom. The molecule has 2 saturated heterocycles. The summed E-state index contributed by atoms with van der Waals surface area (Å²) in [6, 6.07) is 5.58. The van der Waals surface area contributed by atoms with Gasteiger partial charge in [0.2, 0.25) is 0 Å². The third kappa shape index (κ3) is 9.77. The van der Waals surface area contributed by atoms with E-state index in [4.69, 9.17) is 27.3 Å². The fraction of sp³-hybridized carbons (Fsp3) is 0.600. The van der Waals surface area contributed by atoms with Crippen molar-refractivity contribution >= 4 is 65.7 Å². The van der Waals surface area contributed by atoms with E-state index < -0.39 is 54.4 Å². The number of fused-ring (bicyclic) bond motifs is 4. The zero-order valence-electron chi connectivity index (χ0n) is 31.2. The van der Waals surface area contributed by atoms with Gasteiger partial charge in [0.05, 0.1) is 69.2 Å². The lowest BCUT2D eigenvalue weighted by Crippen LogP contribution is -2.45. The maximum Gasteiger partial charge on any atom is 0.304 e. The molecule has 0 aliphatic carbocycles. The number of methoxy groups -OCH3 is 2. The molecule has 2 amide bonds. The summed E-state index contributed by atoms with van der Waals surface area (Å²) in [5, 5.41) is 6.23. The van der Waals surface area contributed by atoms with Crippen molar-refractivity contribution in [2.75, 3.05) is 75.4 Å². The maximum absolute atomic E-state index is 14.2. The summed E-state index contributed by atoms with van der Waals surface area (Å²) >= 11 is -0.763. The molecule has 2 fully saturated rings. The molecule has 0 spiro atoms. The lowest BCUT2D eigenvalue weighted by molar-refractivity contribution is 0.0624. The van der Waals surface area contributed by atoms with Gasteiger partial charge in [0.15, 0.2) is 35.5 Å². The molecule has 4 N–H and O–H groups in total. The van der Waals surface area contributed by atoms with Crippen molar-refractivity contribution in [3.8, 4) is 23.0 Å². The zero-order valence-corrected chi connectivity index (χ0v) is 34.6. The summed E-state index contributed by atoms with van der Waals surface area (Å²) in [6.07, 6.45) is 3.87. The quantitative estimate of drug-likeness (QED) is 0.0564. The first-order chi connectivity index (χ1) is 26.9. The molecular weight excluding hydrogens is 812 g/mol. The Morgan fingerprint density at radius 2 is 1.16 bits per heavy atom. The van der Waals surface area contributed by atoms with Gasteiger partial charge in [-0.2, -0.15) is 21.0 Å². The number of nitrogens with one attached hydrogen (secondary N) is 2. The summed E-state index contributed by atoms with van der Waals surface area (Å²) in [4.78, 5) is 30.2. The fourth-order valence-electron chi connectivity index (χ4n) is 7.90. The van der Waals surface area contributed by atoms with Crippen LogP contribution < -0.4 is 29.6 Å². The number of anilines is 2. The maximum atomic E-state index is 14.2. The highest BCUT2D eigenvalue weighted by Crippen LogP contribution is 2.48. The number of nitrogens with zero attached hydrogens (tertiary/aromatic N) is 2. The van der Waals surface area contributed by atoms with Gasteiger partial charge in [-0.05, 0) is 62.8 Å². The van der Waals surface area contributed by atoms with E-state index in [-0.39, 0.29) is 25.0 Å². The first-order valence-electron chi connectivity index (χ1n) is 18.5. The van der Waals surface area contributed by atoms with Crippen molar-refractivity contribution in [1.82, 2.24) is 9.80 Å². The van der Waals surface area contributed by atoms with Gasteiger partial charge in [-0.1, -0.05) is 0 Å². The third-order valence-corrected chi connectivity index (χ3v) is 15.0. The van der Waals surface area contributed by atoms with Gasteiger partial charge < -0.3 is 43.9 Å². The molecule has 0 saturated carbocycles. The van der Waals surface area contributed by atoms with Gasteiger partial charge in [0, 0.05) is 43.7 Å². The van der Waals surface area contributed by atoms with E-state index in [0.29, 0.717) is 115 Å². The fourth-order valence-corrected chi connectivity index (χ4v) is 11.8. The van der Waals surface area contributed by atoms with Crippen molar-refractivity contribution in [3.63, 3.8) is 0 Å². The second-order valence-electron chi connectivity index (χ2n) is 14.0. The van der Waals surface area contributed by atoms with Crippen LogP contribution in [0.4, 0.5) is 11.4 Å². The second-order valence-corrected chi connectivity index (χ2v) is 19.1. The molecule has 0 bridgehead atoms. The Kier molecular flexibility index (Phi) is 14.5. The molecule has 4 unspecified atom stereocenters. The molecule has 56 heavy (non-hydrogen) atoms. The number of rotatable bonds is 19. The van der Waals surface area contributed by atoms with Gasteiger partial charge in [-0.3, -0.25) is 18.7 Å². The van der Waals surface area contributed by atoms with E-state index in [1.165, 1.54) is 14.2 Å². The minimum absolute atomic E-state index is 0.213. The van der Waals surface area contributed by atoms with Crippen LogP contribution in [0.1, 0.15) is 65.7 Å². The van der Waals surface area contributed by atoms with E-state index in [1.54, 1.807) is 34.1 Å². The number of carbonyl (C=O) groups excluding carboxylic acids is 2. The summed E-state index contributed by atoms with van der Waals surface area (Å²) < 4.78 is 90.2.